The lowest BCUT2D eigenvalue weighted by molar-refractivity contribution is 1.02. The Balaban J connectivity index is 1.22. The van der Waals surface area contributed by atoms with Gasteiger partial charge < -0.3 is 18.3 Å². The van der Waals surface area contributed by atoms with E-state index < -0.39 is 0 Å². The molecule has 0 atom stereocenters. The first-order valence-corrected chi connectivity index (χ1v) is 24.9. The maximum Gasteiger partial charge on any atom is 0.104 e. The molecule has 0 fully saturated rings. The summed E-state index contributed by atoms with van der Waals surface area (Å²) in [5, 5.41) is 33.6. The zero-order valence-corrected chi connectivity index (χ0v) is 39.8. The molecule has 4 heterocycles. The highest BCUT2D eigenvalue weighted by Crippen LogP contribution is 2.49. The average molecular weight is 941 g/mol. The Morgan fingerprint density at radius 2 is 0.446 bits per heavy atom. The standard InChI is InChI=1S/C68H40N6/c69-41-55-66(72-59-31-15-9-25-49(59)50-26-10-16-32-60(50)72)68(74-62-34-18-12-28-52(62)54-40-46(36-38-64(54)74)44-21-5-2-6-22-44)56(42-70)65(71-57-29-13-7-23-47(57)48-24-8-14-30-58(48)71)67(55)73-61-33-17-11-27-51(61)53-39-45(35-37-63(53)73)43-19-3-1-4-20-43/h1-40H. The summed E-state index contributed by atoms with van der Waals surface area (Å²) in [5.41, 5.74) is 15.1. The number of nitrogens with zero attached hydrogens (tertiary/aromatic N) is 6. The zero-order valence-electron chi connectivity index (χ0n) is 39.8. The van der Waals surface area contributed by atoms with Crippen LogP contribution in [0.3, 0.4) is 0 Å². The van der Waals surface area contributed by atoms with Gasteiger partial charge in [-0.1, -0.05) is 182 Å². The fourth-order valence-corrected chi connectivity index (χ4v) is 12.2. The van der Waals surface area contributed by atoms with Gasteiger partial charge in [-0.3, -0.25) is 0 Å². The summed E-state index contributed by atoms with van der Waals surface area (Å²) in [6, 6.07) is 90.7. The van der Waals surface area contributed by atoms with Crippen LogP contribution in [0.15, 0.2) is 243 Å². The van der Waals surface area contributed by atoms with Gasteiger partial charge in [0.2, 0.25) is 0 Å². The maximum absolute atomic E-state index is 12.6. The Labute approximate surface area is 424 Å². The second-order valence-corrected chi connectivity index (χ2v) is 19.0. The molecule has 6 nitrogen and oxygen atoms in total. The highest BCUT2D eigenvalue weighted by Gasteiger charge is 2.34. The molecule has 0 aliphatic rings. The summed E-state index contributed by atoms with van der Waals surface area (Å²) < 4.78 is 9.02. The average Bonchev–Trinajstić information content (AvgIpc) is 4.20. The maximum atomic E-state index is 12.6. The van der Waals surface area contributed by atoms with Crippen molar-refractivity contribution in [3.8, 4) is 57.1 Å². The minimum atomic E-state index is 0.420. The molecule has 11 aromatic carbocycles. The summed E-state index contributed by atoms with van der Waals surface area (Å²) in [7, 11) is 0. The molecular weight excluding hydrogens is 901 g/mol. The van der Waals surface area contributed by atoms with Gasteiger partial charge >= 0.3 is 0 Å². The number of hydrogen-bond acceptors (Lipinski definition) is 2. The van der Waals surface area contributed by atoms with Gasteiger partial charge in [0.15, 0.2) is 0 Å². The Morgan fingerprint density at radius 1 is 0.216 bits per heavy atom. The summed E-state index contributed by atoms with van der Waals surface area (Å²) >= 11 is 0. The molecule has 0 radical (unpaired) electrons. The van der Waals surface area contributed by atoms with Gasteiger partial charge in [0.1, 0.15) is 23.3 Å². The highest BCUT2D eigenvalue weighted by atomic mass is 15.1. The predicted molar refractivity (Wildman–Crippen MR) is 304 cm³/mol. The SMILES string of the molecule is N#Cc1c(-n2c3ccccc3c3ccccc32)c(-n2c3ccccc3c3cc(-c4ccccc4)ccc32)c(C#N)c(-n2c3ccccc3c3ccccc32)c1-n1c2ccccc2c2cc(-c3ccccc3)ccc21. The van der Waals surface area contributed by atoms with E-state index in [1.54, 1.807) is 0 Å². The van der Waals surface area contributed by atoms with E-state index in [1.807, 2.05) is 12.1 Å². The molecule has 0 spiro atoms. The number of benzene rings is 11. The van der Waals surface area contributed by atoms with E-state index in [4.69, 9.17) is 0 Å². The van der Waals surface area contributed by atoms with Crippen molar-refractivity contribution in [1.82, 2.24) is 18.3 Å². The molecule has 0 amide bonds. The Bertz CT molecular complexity index is 4500. The number of rotatable bonds is 6. The zero-order chi connectivity index (χ0) is 49.0. The molecule has 0 N–H and O–H groups in total. The lowest BCUT2D eigenvalue weighted by Crippen LogP contribution is -2.16. The smallest absolute Gasteiger partial charge is 0.104 e. The van der Waals surface area contributed by atoms with Crippen molar-refractivity contribution in [2.75, 3.05) is 0 Å². The number of aromatic nitrogens is 4. The number of fused-ring (bicyclic) bond motifs is 12. The molecule has 0 bridgehead atoms. The minimum Gasteiger partial charge on any atom is -0.306 e. The lowest BCUT2D eigenvalue weighted by Gasteiger charge is -2.27. The first kappa shape index (κ1) is 41.4. The van der Waals surface area contributed by atoms with Crippen molar-refractivity contribution in [3.05, 3.63) is 254 Å². The number of hydrogen-bond donors (Lipinski definition) is 0. The molecule has 4 aromatic heterocycles. The van der Waals surface area contributed by atoms with E-state index in [9.17, 15) is 10.5 Å². The van der Waals surface area contributed by atoms with Gasteiger partial charge in [-0.2, -0.15) is 10.5 Å². The predicted octanol–water partition coefficient (Wildman–Crippen LogP) is 17.2. The van der Waals surface area contributed by atoms with Crippen LogP contribution >= 0.6 is 0 Å². The normalized spacial score (nSPS) is 11.8. The third-order valence-corrected chi connectivity index (χ3v) is 15.2. The third kappa shape index (κ3) is 5.79. The quantitative estimate of drug-likeness (QED) is 0.167. The van der Waals surface area contributed by atoms with Crippen LogP contribution in [-0.4, -0.2) is 18.3 Å². The Kier molecular flexibility index (Phi) is 8.99. The minimum absolute atomic E-state index is 0.420. The molecule has 0 aliphatic carbocycles. The van der Waals surface area contributed by atoms with Gasteiger partial charge in [0, 0.05) is 43.1 Å². The van der Waals surface area contributed by atoms with Crippen molar-refractivity contribution in [3.63, 3.8) is 0 Å². The largest absolute Gasteiger partial charge is 0.306 e. The molecule has 342 valence electrons. The van der Waals surface area contributed by atoms with E-state index in [0.29, 0.717) is 33.9 Å². The highest BCUT2D eigenvalue weighted by molar-refractivity contribution is 6.16. The first-order chi connectivity index (χ1) is 36.7. The van der Waals surface area contributed by atoms with Crippen molar-refractivity contribution in [1.29, 1.82) is 10.5 Å². The van der Waals surface area contributed by atoms with Crippen LogP contribution in [0.4, 0.5) is 0 Å². The lowest BCUT2D eigenvalue weighted by atomic mass is 9.98. The first-order valence-electron chi connectivity index (χ1n) is 24.9. The molecule has 0 aliphatic heterocycles. The van der Waals surface area contributed by atoms with Crippen molar-refractivity contribution in [2.24, 2.45) is 0 Å². The fourth-order valence-electron chi connectivity index (χ4n) is 12.2. The van der Waals surface area contributed by atoms with E-state index >= 15 is 0 Å². The topological polar surface area (TPSA) is 67.3 Å². The number of para-hydroxylation sites is 6. The van der Waals surface area contributed by atoms with Crippen molar-refractivity contribution in [2.45, 2.75) is 0 Å². The van der Waals surface area contributed by atoms with Crippen LogP contribution < -0.4 is 0 Å². The molecule has 74 heavy (non-hydrogen) atoms. The Hall–Kier alpha value is -10.4. The molecule has 6 heteroatoms. The molecule has 15 rings (SSSR count). The molecular formula is C68H40N6. The van der Waals surface area contributed by atoms with Crippen molar-refractivity contribution >= 4 is 87.2 Å². The third-order valence-electron chi connectivity index (χ3n) is 15.2. The van der Waals surface area contributed by atoms with Gasteiger partial charge in [-0.05, 0) is 82.9 Å². The molecule has 0 saturated heterocycles. The number of nitriles is 2. The Morgan fingerprint density at radius 3 is 0.716 bits per heavy atom. The fraction of sp³-hybridized carbons (Fsp3) is 0. The summed E-state index contributed by atoms with van der Waals surface area (Å²) in [6.45, 7) is 0. The van der Waals surface area contributed by atoms with Gasteiger partial charge in [0.25, 0.3) is 0 Å². The van der Waals surface area contributed by atoms with E-state index in [1.165, 1.54) is 0 Å². The van der Waals surface area contributed by atoms with Crippen LogP contribution in [0.1, 0.15) is 11.1 Å². The second-order valence-electron chi connectivity index (χ2n) is 19.0. The van der Waals surface area contributed by atoms with E-state index in [-0.39, 0.29) is 0 Å². The summed E-state index contributed by atoms with van der Waals surface area (Å²) in [6.07, 6.45) is 0. The van der Waals surface area contributed by atoms with E-state index in [2.05, 4.69) is 261 Å². The molecule has 0 unspecified atom stereocenters. The second kappa shape index (κ2) is 16.1. The van der Waals surface area contributed by atoms with Crippen molar-refractivity contribution < 1.29 is 0 Å². The van der Waals surface area contributed by atoms with Crippen LogP contribution in [0, 0.1) is 22.7 Å². The molecule has 15 aromatic rings. The van der Waals surface area contributed by atoms with E-state index in [0.717, 1.165) is 109 Å². The summed E-state index contributed by atoms with van der Waals surface area (Å²) in [5.74, 6) is 0. The van der Waals surface area contributed by atoms with Gasteiger partial charge in [0.05, 0.1) is 66.9 Å². The van der Waals surface area contributed by atoms with Gasteiger partial charge in [-0.25, -0.2) is 0 Å². The molecule has 0 saturated carbocycles. The van der Waals surface area contributed by atoms with Crippen LogP contribution in [-0.2, 0) is 0 Å². The van der Waals surface area contributed by atoms with Gasteiger partial charge in [-0.15, -0.1) is 0 Å². The van der Waals surface area contributed by atoms with Crippen LogP contribution in [0.25, 0.3) is 132 Å². The van der Waals surface area contributed by atoms with Crippen LogP contribution in [0.5, 0.6) is 0 Å². The summed E-state index contributed by atoms with van der Waals surface area (Å²) in [4.78, 5) is 0. The van der Waals surface area contributed by atoms with Crippen LogP contribution in [0.2, 0.25) is 0 Å². The monoisotopic (exact) mass is 940 g/mol.